The minimum atomic E-state index is 0.668. The summed E-state index contributed by atoms with van der Waals surface area (Å²) in [6.07, 6.45) is 5.43. The van der Waals surface area contributed by atoms with Crippen LogP contribution in [-0.2, 0) is 6.42 Å². The molecular weight excluding hydrogens is 224 g/mol. The van der Waals surface area contributed by atoms with Crippen LogP contribution in [0.3, 0.4) is 0 Å². The van der Waals surface area contributed by atoms with Crippen molar-refractivity contribution in [3.63, 3.8) is 0 Å². The molecule has 0 unspecified atom stereocenters. The number of unbranched alkanes of at least 4 members (excludes halogenated alkanes) is 1. The number of nitrogens with zero attached hydrogens (tertiary/aromatic N) is 2. The Hall–Kier alpha value is -1.77. The van der Waals surface area contributed by atoms with Crippen LogP contribution in [0.2, 0.25) is 0 Å². The fraction of sp³-hybridized carbons (Fsp3) is 0.400. The molecule has 1 heterocycles. The van der Waals surface area contributed by atoms with E-state index in [9.17, 15) is 0 Å². The zero-order chi connectivity index (χ0) is 12.8. The number of aryl methyl sites for hydroxylation is 1. The van der Waals surface area contributed by atoms with Crippen LogP contribution in [-0.4, -0.2) is 16.4 Å². The Morgan fingerprint density at radius 3 is 2.78 bits per heavy atom. The monoisotopic (exact) mass is 244 g/mol. The third-order valence-corrected chi connectivity index (χ3v) is 2.84. The first-order chi connectivity index (χ1) is 8.85. The fourth-order valence-corrected chi connectivity index (χ4v) is 1.91. The van der Waals surface area contributed by atoms with Gasteiger partial charge < -0.3 is 4.74 Å². The third kappa shape index (κ3) is 2.92. The van der Waals surface area contributed by atoms with Crippen LogP contribution in [0.5, 0.6) is 5.75 Å². The summed E-state index contributed by atoms with van der Waals surface area (Å²) in [7, 11) is 0. The topological polar surface area (TPSA) is 27.1 Å². The highest BCUT2D eigenvalue weighted by molar-refractivity contribution is 5.45. The molecule has 18 heavy (non-hydrogen) atoms. The predicted octanol–water partition coefficient (Wildman–Crippen LogP) is 3.61. The number of para-hydroxylation sites is 2. The summed E-state index contributed by atoms with van der Waals surface area (Å²) in [4.78, 5) is 0. The summed E-state index contributed by atoms with van der Waals surface area (Å²) < 4.78 is 7.52. The van der Waals surface area contributed by atoms with Gasteiger partial charge in [-0.05, 0) is 38.0 Å². The highest BCUT2D eigenvalue weighted by Crippen LogP contribution is 2.22. The van der Waals surface area contributed by atoms with Gasteiger partial charge in [-0.2, -0.15) is 5.10 Å². The van der Waals surface area contributed by atoms with Gasteiger partial charge in [-0.3, -0.25) is 0 Å². The van der Waals surface area contributed by atoms with E-state index in [1.54, 1.807) is 0 Å². The Labute approximate surface area is 108 Å². The number of benzene rings is 1. The van der Waals surface area contributed by atoms with Crippen molar-refractivity contribution in [1.29, 1.82) is 0 Å². The zero-order valence-electron chi connectivity index (χ0n) is 11.1. The lowest BCUT2D eigenvalue weighted by molar-refractivity contribution is 0.338. The van der Waals surface area contributed by atoms with Crippen LogP contribution >= 0.6 is 0 Å². The fourth-order valence-electron chi connectivity index (χ4n) is 1.91. The van der Waals surface area contributed by atoms with Gasteiger partial charge in [-0.15, -0.1) is 0 Å². The summed E-state index contributed by atoms with van der Waals surface area (Å²) in [5, 5.41) is 4.60. The summed E-state index contributed by atoms with van der Waals surface area (Å²) in [5.74, 6) is 0.880. The van der Waals surface area contributed by atoms with Gasteiger partial charge in [0.25, 0.3) is 0 Å². The maximum atomic E-state index is 5.62. The summed E-state index contributed by atoms with van der Waals surface area (Å²) in [6.45, 7) is 4.86. The summed E-state index contributed by atoms with van der Waals surface area (Å²) in [6, 6.07) is 10.1. The predicted molar refractivity (Wildman–Crippen MR) is 73.3 cm³/mol. The summed E-state index contributed by atoms with van der Waals surface area (Å²) >= 11 is 0. The maximum absolute atomic E-state index is 5.62. The lowest BCUT2D eigenvalue weighted by Crippen LogP contribution is -2.01. The molecule has 0 aliphatic carbocycles. The molecule has 0 N–H and O–H groups in total. The Balaban J connectivity index is 2.22. The second kappa shape index (κ2) is 6.24. The molecule has 2 rings (SSSR count). The van der Waals surface area contributed by atoms with Gasteiger partial charge >= 0.3 is 0 Å². The molecule has 1 aromatic heterocycles. The molecule has 0 saturated carbocycles. The van der Waals surface area contributed by atoms with E-state index in [1.165, 1.54) is 12.8 Å². The van der Waals surface area contributed by atoms with Gasteiger partial charge in [-0.25, -0.2) is 4.68 Å². The molecule has 0 atom stereocenters. The minimum Gasteiger partial charge on any atom is -0.492 e. The molecule has 3 heteroatoms. The normalized spacial score (nSPS) is 10.6. The molecule has 1 aromatic carbocycles. The molecule has 0 saturated heterocycles. The standard InChI is InChI=1S/C15H20N2O/c1-3-5-8-13-11-12-17(16-13)14-9-6-7-10-15(14)18-4-2/h6-7,9-12H,3-5,8H2,1-2H3. The second-order valence-corrected chi connectivity index (χ2v) is 4.26. The average Bonchev–Trinajstić information content (AvgIpc) is 2.86. The second-order valence-electron chi connectivity index (χ2n) is 4.26. The summed E-state index contributed by atoms with van der Waals surface area (Å²) in [5.41, 5.74) is 2.14. The lowest BCUT2D eigenvalue weighted by atomic mass is 10.2. The van der Waals surface area contributed by atoms with E-state index < -0.39 is 0 Å². The molecule has 0 aliphatic rings. The van der Waals surface area contributed by atoms with E-state index in [2.05, 4.69) is 18.1 Å². The van der Waals surface area contributed by atoms with Crippen molar-refractivity contribution >= 4 is 0 Å². The Morgan fingerprint density at radius 2 is 2.00 bits per heavy atom. The van der Waals surface area contributed by atoms with Gasteiger partial charge in [-0.1, -0.05) is 25.5 Å². The highest BCUT2D eigenvalue weighted by Gasteiger charge is 2.06. The number of ether oxygens (including phenoxy) is 1. The van der Waals surface area contributed by atoms with Gasteiger partial charge in [0.1, 0.15) is 11.4 Å². The number of hydrogen-bond donors (Lipinski definition) is 0. The van der Waals surface area contributed by atoms with Crippen molar-refractivity contribution in [2.24, 2.45) is 0 Å². The van der Waals surface area contributed by atoms with Crippen LogP contribution in [0.4, 0.5) is 0 Å². The van der Waals surface area contributed by atoms with Crippen LogP contribution in [0.1, 0.15) is 32.4 Å². The van der Waals surface area contributed by atoms with E-state index in [-0.39, 0.29) is 0 Å². The van der Waals surface area contributed by atoms with Crippen LogP contribution in [0.25, 0.3) is 5.69 Å². The maximum Gasteiger partial charge on any atom is 0.144 e. The molecule has 0 spiro atoms. The van der Waals surface area contributed by atoms with Crippen LogP contribution < -0.4 is 4.74 Å². The Bertz CT molecular complexity index is 491. The van der Waals surface area contributed by atoms with E-state index >= 15 is 0 Å². The molecule has 2 aromatic rings. The molecule has 0 bridgehead atoms. The quantitative estimate of drug-likeness (QED) is 0.776. The molecule has 0 amide bonds. The first-order valence-corrected chi connectivity index (χ1v) is 6.62. The van der Waals surface area contributed by atoms with Crippen molar-refractivity contribution < 1.29 is 4.74 Å². The van der Waals surface area contributed by atoms with Crippen molar-refractivity contribution in [3.05, 3.63) is 42.2 Å². The zero-order valence-corrected chi connectivity index (χ0v) is 11.1. The minimum absolute atomic E-state index is 0.668. The van der Waals surface area contributed by atoms with Crippen LogP contribution in [0, 0.1) is 0 Å². The largest absolute Gasteiger partial charge is 0.492 e. The van der Waals surface area contributed by atoms with Gasteiger partial charge in [0.2, 0.25) is 0 Å². The lowest BCUT2D eigenvalue weighted by Gasteiger charge is -2.09. The van der Waals surface area contributed by atoms with Gasteiger partial charge in [0.05, 0.1) is 12.3 Å². The van der Waals surface area contributed by atoms with E-state index in [1.807, 2.05) is 42.1 Å². The van der Waals surface area contributed by atoms with Crippen molar-refractivity contribution in [1.82, 2.24) is 9.78 Å². The Morgan fingerprint density at radius 1 is 1.17 bits per heavy atom. The van der Waals surface area contributed by atoms with Crippen molar-refractivity contribution in [2.45, 2.75) is 33.1 Å². The number of aromatic nitrogens is 2. The van der Waals surface area contributed by atoms with E-state index in [4.69, 9.17) is 4.74 Å². The average molecular weight is 244 g/mol. The van der Waals surface area contributed by atoms with Gasteiger partial charge in [0.15, 0.2) is 0 Å². The smallest absolute Gasteiger partial charge is 0.144 e. The van der Waals surface area contributed by atoms with Crippen molar-refractivity contribution in [3.8, 4) is 11.4 Å². The molecular formula is C15H20N2O. The molecule has 0 radical (unpaired) electrons. The molecule has 0 fully saturated rings. The highest BCUT2D eigenvalue weighted by atomic mass is 16.5. The Kier molecular flexibility index (Phi) is 4.40. The van der Waals surface area contributed by atoms with Crippen LogP contribution in [0.15, 0.2) is 36.5 Å². The van der Waals surface area contributed by atoms with E-state index in [0.29, 0.717) is 6.61 Å². The van der Waals surface area contributed by atoms with Crippen molar-refractivity contribution in [2.75, 3.05) is 6.61 Å². The number of rotatable bonds is 6. The number of hydrogen-bond acceptors (Lipinski definition) is 2. The molecule has 3 nitrogen and oxygen atoms in total. The first kappa shape index (κ1) is 12.7. The third-order valence-electron chi connectivity index (χ3n) is 2.84. The van der Waals surface area contributed by atoms with E-state index in [0.717, 1.165) is 23.6 Å². The molecule has 0 aliphatic heterocycles. The first-order valence-electron chi connectivity index (χ1n) is 6.62. The van der Waals surface area contributed by atoms with Gasteiger partial charge in [0, 0.05) is 6.20 Å². The molecule has 96 valence electrons. The SMILES string of the molecule is CCCCc1ccn(-c2ccccc2OCC)n1.